The highest BCUT2D eigenvalue weighted by atomic mass is 19.1. The van der Waals surface area contributed by atoms with E-state index in [-0.39, 0.29) is 49.1 Å². The number of benzene rings is 2. The van der Waals surface area contributed by atoms with Crippen LogP contribution in [0.5, 0.6) is 0 Å². The number of furan rings is 1. The second-order valence-corrected chi connectivity index (χ2v) is 8.90. The first-order valence-corrected chi connectivity index (χ1v) is 12.9. The number of allylic oxidation sites excluding steroid dienone is 1. The second-order valence-electron chi connectivity index (χ2n) is 8.90. The van der Waals surface area contributed by atoms with Gasteiger partial charge >= 0.3 is 0 Å². The second kappa shape index (κ2) is 14.1. The molecule has 3 aromatic rings. The minimum atomic E-state index is -0.676. The number of para-hydroxylation sites is 1. The Morgan fingerprint density at radius 1 is 1.05 bits per heavy atom. The maximum absolute atomic E-state index is 13.2. The summed E-state index contributed by atoms with van der Waals surface area (Å²) in [6, 6.07) is 13.7. The van der Waals surface area contributed by atoms with Crippen LogP contribution in [0.1, 0.15) is 30.4 Å². The van der Waals surface area contributed by atoms with Gasteiger partial charge in [-0.1, -0.05) is 30.3 Å². The lowest BCUT2D eigenvalue weighted by Gasteiger charge is -2.36. The zero-order valence-corrected chi connectivity index (χ0v) is 21.4. The van der Waals surface area contributed by atoms with Gasteiger partial charge in [0.15, 0.2) is 5.76 Å². The predicted octanol–water partition coefficient (Wildman–Crippen LogP) is 4.28. The van der Waals surface area contributed by atoms with Gasteiger partial charge in [-0.05, 0) is 43.2 Å². The molecule has 204 valence electrons. The third-order valence-electron chi connectivity index (χ3n) is 6.38. The van der Waals surface area contributed by atoms with E-state index in [1.807, 2.05) is 37.3 Å². The standard InChI is InChI=1S/C29H34FNO7/c1-2-36-29-23(11-13-34-15-16-35-14-12-32)24(25-19-37-26-6-4-3-5-22(25)26)17-27(38-29)28(33)31-18-20-7-9-21(30)10-8-20/h3-10,17,19,23-24,29,32H,2,11-16,18H2,1H3,(H,31,33)/t23-,24+,29-/m1/s1. The molecular weight excluding hydrogens is 493 g/mol. The van der Waals surface area contributed by atoms with Gasteiger partial charge in [0.05, 0.1) is 32.7 Å². The van der Waals surface area contributed by atoms with E-state index < -0.39 is 6.29 Å². The van der Waals surface area contributed by atoms with Gasteiger partial charge in [0.2, 0.25) is 6.29 Å². The van der Waals surface area contributed by atoms with E-state index in [1.165, 1.54) is 12.1 Å². The van der Waals surface area contributed by atoms with E-state index in [1.54, 1.807) is 18.4 Å². The van der Waals surface area contributed by atoms with Crippen LogP contribution >= 0.6 is 0 Å². The summed E-state index contributed by atoms with van der Waals surface area (Å²) < 4.78 is 42.1. The van der Waals surface area contributed by atoms with Crippen molar-refractivity contribution in [1.82, 2.24) is 5.32 Å². The fourth-order valence-electron chi connectivity index (χ4n) is 4.53. The van der Waals surface area contributed by atoms with Gasteiger partial charge in [0.1, 0.15) is 11.4 Å². The predicted molar refractivity (Wildman–Crippen MR) is 139 cm³/mol. The maximum atomic E-state index is 13.2. The zero-order chi connectivity index (χ0) is 26.7. The lowest BCUT2D eigenvalue weighted by Crippen LogP contribution is -2.39. The number of hydrogen-bond acceptors (Lipinski definition) is 7. The average molecular weight is 528 g/mol. The third-order valence-corrected chi connectivity index (χ3v) is 6.38. The van der Waals surface area contributed by atoms with Gasteiger partial charge in [-0.25, -0.2) is 4.39 Å². The average Bonchev–Trinajstić information content (AvgIpc) is 3.36. The van der Waals surface area contributed by atoms with Gasteiger partial charge in [-0.3, -0.25) is 4.79 Å². The molecule has 38 heavy (non-hydrogen) atoms. The van der Waals surface area contributed by atoms with Crippen LogP contribution in [0.3, 0.4) is 0 Å². The topological polar surface area (TPSA) is 99.4 Å². The van der Waals surface area contributed by atoms with E-state index in [0.29, 0.717) is 32.8 Å². The summed E-state index contributed by atoms with van der Waals surface area (Å²) in [6.45, 7) is 4.00. The molecule has 0 radical (unpaired) electrons. The Hall–Kier alpha value is -3.24. The van der Waals surface area contributed by atoms with Gasteiger partial charge in [0, 0.05) is 42.5 Å². The molecule has 3 atom stereocenters. The molecule has 0 saturated carbocycles. The summed E-state index contributed by atoms with van der Waals surface area (Å²) in [6.07, 6.45) is 3.48. The first-order chi connectivity index (χ1) is 18.6. The number of ether oxygens (including phenoxy) is 4. The molecule has 0 spiro atoms. The minimum absolute atomic E-state index is 0.0259. The molecule has 4 rings (SSSR count). The van der Waals surface area contributed by atoms with Crippen molar-refractivity contribution in [1.29, 1.82) is 0 Å². The number of carbonyl (C=O) groups excluding carboxylic acids is 1. The number of rotatable bonds is 14. The van der Waals surface area contributed by atoms with E-state index in [0.717, 1.165) is 22.1 Å². The maximum Gasteiger partial charge on any atom is 0.286 e. The molecule has 9 heteroatoms. The minimum Gasteiger partial charge on any atom is -0.464 e. The number of amides is 1. The number of aliphatic hydroxyl groups is 1. The van der Waals surface area contributed by atoms with E-state index in [2.05, 4.69) is 5.32 Å². The highest BCUT2D eigenvalue weighted by Gasteiger charge is 2.39. The van der Waals surface area contributed by atoms with Crippen LogP contribution in [-0.4, -0.2) is 56.9 Å². The lowest BCUT2D eigenvalue weighted by molar-refractivity contribution is -0.168. The Labute approximate surface area is 221 Å². The zero-order valence-electron chi connectivity index (χ0n) is 21.4. The first-order valence-electron chi connectivity index (χ1n) is 12.9. The van der Waals surface area contributed by atoms with E-state index in [4.69, 9.17) is 28.5 Å². The van der Waals surface area contributed by atoms with Crippen molar-refractivity contribution in [2.24, 2.45) is 5.92 Å². The molecule has 0 bridgehead atoms. The summed E-state index contributed by atoms with van der Waals surface area (Å²) in [4.78, 5) is 13.1. The summed E-state index contributed by atoms with van der Waals surface area (Å²) in [5.74, 6) is -0.934. The Kier molecular flexibility index (Phi) is 10.3. The van der Waals surface area contributed by atoms with Crippen molar-refractivity contribution < 1.29 is 37.7 Å². The van der Waals surface area contributed by atoms with Crippen LogP contribution in [0, 0.1) is 11.7 Å². The summed E-state index contributed by atoms with van der Waals surface area (Å²) in [5.41, 5.74) is 2.47. The Balaban J connectivity index is 1.54. The molecule has 0 unspecified atom stereocenters. The third kappa shape index (κ3) is 7.20. The van der Waals surface area contributed by atoms with Gasteiger partial charge < -0.3 is 33.8 Å². The van der Waals surface area contributed by atoms with Crippen molar-refractivity contribution in [3.8, 4) is 0 Å². The molecule has 1 aliphatic heterocycles. The highest BCUT2D eigenvalue weighted by molar-refractivity contribution is 5.92. The Morgan fingerprint density at radius 2 is 1.82 bits per heavy atom. The van der Waals surface area contributed by atoms with Gasteiger partial charge in [0.25, 0.3) is 5.91 Å². The number of carbonyl (C=O) groups is 1. The van der Waals surface area contributed by atoms with Crippen LogP contribution in [0.15, 0.2) is 71.0 Å². The number of hydrogen-bond donors (Lipinski definition) is 2. The molecule has 0 saturated heterocycles. The van der Waals surface area contributed by atoms with Crippen LogP contribution in [0.2, 0.25) is 0 Å². The summed E-state index contributed by atoms with van der Waals surface area (Å²) >= 11 is 0. The van der Waals surface area contributed by atoms with Crippen LogP contribution in [0.4, 0.5) is 4.39 Å². The monoisotopic (exact) mass is 527 g/mol. The molecule has 0 aliphatic carbocycles. The molecule has 2 heterocycles. The SMILES string of the molecule is CCO[C@@H]1OC(C(=O)NCc2ccc(F)cc2)=C[C@H](c2coc3ccccc23)[C@H]1CCOCCOCCO. The quantitative estimate of drug-likeness (QED) is 0.302. The molecule has 1 aromatic heterocycles. The van der Waals surface area contributed by atoms with E-state index >= 15 is 0 Å². The number of nitrogens with one attached hydrogen (secondary N) is 1. The van der Waals surface area contributed by atoms with Gasteiger partial charge in [-0.15, -0.1) is 0 Å². The summed E-state index contributed by atoms with van der Waals surface area (Å²) in [7, 11) is 0. The molecule has 0 fully saturated rings. The van der Waals surface area contributed by atoms with Crippen LogP contribution in [-0.2, 0) is 30.3 Å². The van der Waals surface area contributed by atoms with Crippen molar-refractivity contribution in [3.63, 3.8) is 0 Å². The van der Waals surface area contributed by atoms with Crippen LogP contribution in [0.25, 0.3) is 11.0 Å². The Morgan fingerprint density at radius 3 is 2.58 bits per heavy atom. The summed E-state index contributed by atoms with van der Waals surface area (Å²) in [5, 5.41) is 12.6. The molecule has 1 aliphatic rings. The van der Waals surface area contributed by atoms with Crippen molar-refractivity contribution in [3.05, 3.63) is 83.6 Å². The number of halogens is 1. The molecule has 1 amide bonds. The lowest BCUT2D eigenvalue weighted by atomic mass is 9.81. The smallest absolute Gasteiger partial charge is 0.286 e. The normalized spacial score (nSPS) is 19.2. The van der Waals surface area contributed by atoms with Crippen LogP contribution < -0.4 is 5.32 Å². The number of fused-ring (bicyclic) bond motifs is 1. The number of aliphatic hydroxyl groups excluding tert-OH is 1. The van der Waals surface area contributed by atoms with Gasteiger partial charge in [-0.2, -0.15) is 0 Å². The largest absolute Gasteiger partial charge is 0.464 e. The Bertz CT molecular complexity index is 1190. The van der Waals surface area contributed by atoms with Crippen molar-refractivity contribution in [2.45, 2.75) is 32.1 Å². The molecular formula is C29H34FNO7. The van der Waals surface area contributed by atoms with Crippen molar-refractivity contribution in [2.75, 3.05) is 39.6 Å². The fourth-order valence-corrected chi connectivity index (χ4v) is 4.53. The molecule has 2 N–H and O–H groups in total. The van der Waals surface area contributed by atoms with Crippen molar-refractivity contribution >= 4 is 16.9 Å². The van der Waals surface area contributed by atoms with E-state index in [9.17, 15) is 9.18 Å². The molecule has 8 nitrogen and oxygen atoms in total. The highest BCUT2D eigenvalue weighted by Crippen LogP contribution is 2.42. The molecule has 2 aromatic carbocycles. The first kappa shape index (κ1) is 27.8. The fraction of sp³-hybridized carbons (Fsp3) is 0.414.